The van der Waals surface area contributed by atoms with Crippen LogP contribution in [0.15, 0.2) is 66.0 Å². The smallest absolute Gasteiger partial charge is 0.293 e. The Hall–Kier alpha value is -4.78. The lowest BCUT2D eigenvalue weighted by Crippen LogP contribution is -2.36. The van der Waals surface area contributed by atoms with Crippen LogP contribution in [0.25, 0.3) is 11.1 Å². The highest BCUT2D eigenvalue weighted by atomic mass is 16.6. The van der Waals surface area contributed by atoms with Crippen molar-refractivity contribution in [2.45, 2.75) is 45.4 Å². The van der Waals surface area contributed by atoms with Gasteiger partial charge in [-0.3, -0.25) is 24.6 Å². The third-order valence-electron chi connectivity index (χ3n) is 8.94. The van der Waals surface area contributed by atoms with E-state index >= 15 is 0 Å². The van der Waals surface area contributed by atoms with Gasteiger partial charge in [0.1, 0.15) is 22.8 Å². The van der Waals surface area contributed by atoms with Gasteiger partial charge in [-0.2, -0.15) is 0 Å². The molecule has 0 atom stereocenters. The number of carbonyl (C=O) groups is 2. The molecule has 12 nitrogen and oxygen atoms in total. The third kappa shape index (κ3) is 10.6. The van der Waals surface area contributed by atoms with Crippen molar-refractivity contribution in [1.29, 1.82) is 0 Å². The van der Waals surface area contributed by atoms with Gasteiger partial charge in [0.2, 0.25) is 5.78 Å². The molecule has 0 saturated carbocycles. The molecule has 0 amide bonds. The second-order valence-electron chi connectivity index (χ2n) is 12.5. The Morgan fingerprint density at radius 2 is 1.74 bits per heavy atom. The minimum Gasteiger partial charge on any atom is -0.496 e. The second kappa shape index (κ2) is 19.4. The Morgan fingerprint density at radius 1 is 1.00 bits per heavy atom. The molecule has 1 saturated heterocycles. The molecule has 3 aromatic rings. The Morgan fingerprint density at radius 3 is 2.42 bits per heavy atom. The highest BCUT2D eigenvalue weighted by Gasteiger charge is 2.23. The maximum absolute atomic E-state index is 13.3. The number of rotatable bonds is 20. The highest BCUT2D eigenvalue weighted by Crippen LogP contribution is 2.32. The summed E-state index contributed by atoms with van der Waals surface area (Å²) in [5.74, 6) is 0.171. The zero-order chi connectivity index (χ0) is 35.9. The Kier molecular flexibility index (Phi) is 14.8. The van der Waals surface area contributed by atoms with Gasteiger partial charge < -0.3 is 31.6 Å². The molecule has 0 bridgehead atoms. The van der Waals surface area contributed by atoms with E-state index < -0.39 is 10.7 Å². The number of nitro groups is 1. The van der Waals surface area contributed by atoms with Gasteiger partial charge in [-0.15, -0.1) is 0 Å². The highest BCUT2D eigenvalue weighted by molar-refractivity contribution is 6.12. The molecule has 12 heteroatoms. The molecular formula is C38H50N6O6. The molecule has 1 heterocycles. The molecule has 3 aromatic carbocycles. The standard InChI is InChI=1S/C38H50N6O6/c1-27-23-33(41-16-5-3-4-15-39)35(44(47)48)25-32(27)38(46)37(40)34(26-45)42-17-14-28-8-11-30(12-9-28)31-13-10-29(24-36(31)49-2)7-6-18-43-19-21-50-22-20-43/h8-13,23-26,41-42H,3-7,14-22,39-40H2,1-2H3/b37-34-. The van der Waals surface area contributed by atoms with Crippen LogP contribution >= 0.6 is 0 Å². The molecular weight excluding hydrogens is 636 g/mol. The fourth-order valence-electron chi connectivity index (χ4n) is 6.02. The van der Waals surface area contributed by atoms with Crippen LogP contribution < -0.4 is 26.8 Å². The van der Waals surface area contributed by atoms with Gasteiger partial charge in [0, 0.05) is 43.4 Å². The number of aryl methyl sites for hydroxylation is 2. The van der Waals surface area contributed by atoms with E-state index in [9.17, 15) is 19.7 Å². The summed E-state index contributed by atoms with van der Waals surface area (Å²) in [4.78, 5) is 39.0. The number of methoxy groups -OCH3 is 1. The van der Waals surface area contributed by atoms with E-state index in [-0.39, 0.29) is 22.6 Å². The van der Waals surface area contributed by atoms with Crippen LogP contribution in [0.4, 0.5) is 11.4 Å². The molecule has 268 valence electrons. The van der Waals surface area contributed by atoms with Crippen LogP contribution in [-0.2, 0) is 22.4 Å². The zero-order valence-corrected chi connectivity index (χ0v) is 29.2. The summed E-state index contributed by atoms with van der Waals surface area (Å²) in [5.41, 5.74) is 16.3. The molecule has 1 aliphatic heterocycles. The lowest BCUT2D eigenvalue weighted by Gasteiger charge is -2.26. The summed E-state index contributed by atoms with van der Waals surface area (Å²) < 4.78 is 11.2. The van der Waals surface area contributed by atoms with Crippen LogP contribution in [0.5, 0.6) is 5.75 Å². The summed E-state index contributed by atoms with van der Waals surface area (Å²) >= 11 is 0. The minimum absolute atomic E-state index is 0.0643. The number of nitrogens with zero attached hydrogens (tertiary/aromatic N) is 2. The first kappa shape index (κ1) is 38.0. The lowest BCUT2D eigenvalue weighted by atomic mass is 9.99. The lowest BCUT2D eigenvalue weighted by molar-refractivity contribution is -0.384. The molecule has 0 radical (unpaired) electrons. The predicted octanol–water partition coefficient (Wildman–Crippen LogP) is 4.77. The third-order valence-corrected chi connectivity index (χ3v) is 8.94. The van der Waals surface area contributed by atoms with Crippen molar-refractivity contribution in [1.82, 2.24) is 10.2 Å². The van der Waals surface area contributed by atoms with Gasteiger partial charge in [-0.25, -0.2) is 0 Å². The molecule has 4 rings (SSSR count). The number of nitro benzene ring substituents is 1. The maximum atomic E-state index is 13.3. The molecule has 0 aromatic heterocycles. The summed E-state index contributed by atoms with van der Waals surface area (Å²) in [6.45, 7) is 7.83. The minimum atomic E-state index is -0.656. The first-order valence-electron chi connectivity index (χ1n) is 17.3. The molecule has 50 heavy (non-hydrogen) atoms. The Labute approximate surface area is 294 Å². The first-order chi connectivity index (χ1) is 24.2. The normalized spacial score (nSPS) is 13.7. The number of ether oxygens (including phenoxy) is 2. The number of Topliss-reactive ketones (excluding diaryl/α,β-unsaturated/α-hetero) is 1. The zero-order valence-electron chi connectivity index (χ0n) is 29.2. The van der Waals surface area contributed by atoms with Crippen molar-refractivity contribution >= 4 is 23.4 Å². The van der Waals surface area contributed by atoms with E-state index in [1.54, 1.807) is 20.1 Å². The molecule has 6 N–H and O–H groups in total. The van der Waals surface area contributed by atoms with Gasteiger partial charge in [0.25, 0.3) is 5.69 Å². The number of morpholine rings is 1. The van der Waals surface area contributed by atoms with Crippen molar-refractivity contribution in [2.24, 2.45) is 11.5 Å². The van der Waals surface area contributed by atoms with Gasteiger partial charge >= 0.3 is 0 Å². The second-order valence-corrected chi connectivity index (χ2v) is 12.5. The fourth-order valence-corrected chi connectivity index (χ4v) is 6.02. The van der Waals surface area contributed by atoms with Crippen LogP contribution in [0, 0.1) is 17.0 Å². The monoisotopic (exact) mass is 686 g/mol. The number of anilines is 1. The van der Waals surface area contributed by atoms with Crippen molar-refractivity contribution < 1.29 is 24.0 Å². The van der Waals surface area contributed by atoms with E-state index in [0.29, 0.717) is 43.6 Å². The molecule has 1 fully saturated rings. The summed E-state index contributed by atoms with van der Waals surface area (Å²) in [6.07, 6.45) is 5.71. The molecule has 0 unspecified atom stereocenters. The van der Waals surface area contributed by atoms with E-state index in [1.165, 1.54) is 11.6 Å². The number of hydrogen-bond acceptors (Lipinski definition) is 11. The van der Waals surface area contributed by atoms with E-state index in [4.69, 9.17) is 20.9 Å². The van der Waals surface area contributed by atoms with Gasteiger partial charge in [-0.05, 0) is 86.5 Å². The number of carbonyl (C=O) groups excluding carboxylic acids is 2. The van der Waals surface area contributed by atoms with Crippen molar-refractivity contribution in [3.63, 3.8) is 0 Å². The topological polar surface area (TPSA) is 175 Å². The first-order valence-corrected chi connectivity index (χ1v) is 17.3. The van der Waals surface area contributed by atoms with Crippen LogP contribution in [0.2, 0.25) is 0 Å². The van der Waals surface area contributed by atoms with Crippen LogP contribution in [-0.4, -0.2) is 81.5 Å². The van der Waals surface area contributed by atoms with Crippen LogP contribution in [0.1, 0.15) is 52.7 Å². The van der Waals surface area contributed by atoms with E-state index in [1.807, 2.05) is 24.3 Å². The average molecular weight is 687 g/mol. The number of nitrogens with one attached hydrogen (secondary N) is 2. The quantitative estimate of drug-likeness (QED) is 0.0322. The average Bonchev–Trinajstić information content (AvgIpc) is 3.13. The largest absolute Gasteiger partial charge is 0.496 e. The number of nitrogens with two attached hydrogens (primary N) is 2. The summed E-state index contributed by atoms with van der Waals surface area (Å²) in [7, 11) is 1.69. The number of aldehydes is 1. The van der Waals surface area contributed by atoms with Crippen molar-refractivity contribution in [2.75, 3.05) is 64.9 Å². The molecule has 0 aliphatic carbocycles. The SMILES string of the molecule is COc1cc(CCCN2CCOCC2)ccc1-c1ccc(CCN/C(C=O)=C(\N)C(=O)c2cc([N+](=O)[O-])c(NCCCCCN)cc2C)cc1. The van der Waals surface area contributed by atoms with Crippen molar-refractivity contribution in [3.8, 4) is 16.9 Å². The van der Waals surface area contributed by atoms with Gasteiger partial charge in [-0.1, -0.05) is 42.8 Å². The van der Waals surface area contributed by atoms with Crippen molar-refractivity contribution in [3.05, 3.63) is 98.4 Å². The maximum Gasteiger partial charge on any atom is 0.293 e. The number of hydrogen-bond donors (Lipinski definition) is 4. The van der Waals surface area contributed by atoms with Gasteiger partial charge in [0.05, 0.1) is 25.2 Å². The van der Waals surface area contributed by atoms with Crippen LogP contribution in [0.3, 0.4) is 0 Å². The Balaban J connectivity index is 1.35. The van der Waals surface area contributed by atoms with E-state index in [0.717, 1.165) is 87.4 Å². The fraction of sp³-hybridized carbons (Fsp3) is 0.421. The number of allylic oxidation sites excluding steroid dienone is 2. The number of benzene rings is 3. The summed E-state index contributed by atoms with van der Waals surface area (Å²) in [5, 5.41) is 17.9. The predicted molar refractivity (Wildman–Crippen MR) is 197 cm³/mol. The number of unbranched alkanes of at least 4 members (excludes halogenated alkanes) is 2. The van der Waals surface area contributed by atoms with E-state index in [2.05, 4.69) is 33.7 Å². The summed E-state index contributed by atoms with van der Waals surface area (Å²) in [6, 6.07) is 17.3. The molecule has 1 aliphatic rings. The number of ketones is 1. The van der Waals surface area contributed by atoms with Gasteiger partial charge in [0.15, 0.2) is 6.29 Å². The molecule has 0 spiro atoms. The Bertz CT molecular complexity index is 1640.